The van der Waals surface area contributed by atoms with Gasteiger partial charge in [0.25, 0.3) is 0 Å². The number of rotatable bonds is 7. The first-order chi connectivity index (χ1) is 10.8. The van der Waals surface area contributed by atoms with Gasteiger partial charge in [0, 0.05) is 38.4 Å². The van der Waals surface area contributed by atoms with Crippen molar-refractivity contribution in [2.75, 3.05) is 0 Å². The van der Waals surface area contributed by atoms with E-state index < -0.39 is 17.5 Å². The van der Waals surface area contributed by atoms with E-state index in [1.165, 1.54) is 6.07 Å². The molecule has 0 spiro atoms. The molecule has 1 aromatic rings. The Balaban J connectivity index is 1.78. The molecule has 23 heavy (non-hydrogen) atoms. The number of carbonyl (C=O) groups is 1. The zero-order valence-electron chi connectivity index (χ0n) is 12.2. The van der Waals surface area contributed by atoms with Crippen molar-refractivity contribution >= 4 is 5.91 Å². The number of amides is 1. The highest BCUT2D eigenvalue weighted by Gasteiger charge is 2.39. The van der Waals surface area contributed by atoms with Crippen molar-refractivity contribution < 1.29 is 18.0 Å². The number of hydrogen-bond acceptors (Lipinski definition) is 4. The van der Waals surface area contributed by atoms with Crippen molar-refractivity contribution in [3.05, 3.63) is 29.6 Å². The minimum atomic E-state index is -4.50. The molecule has 0 aliphatic carbocycles. The molecule has 5 nitrogen and oxygen atoms in total. The molecule has 1 amide bonds. The van der Waals surface area contributed by atoms with E-state index >= 15 is 0 Å². The molecule has 1 aliphatic heterocycles. The van der Waals surface area contributed by atoms with E-state index in [-0.39, 0.29) is 18.9 Å². The summed E-state index contributed by atoms with van der Waals surface area (Å²) < 4.78 is 37.6. The van der Waals surface area contributed by atoms with Crippen LogP contribution in [0.1, 0.15) is 36.9 Å². The highest BCUT2D eigenvalue weighted by molar-refractivity contribution is 5.76. The molecule has 0 radical (unpaired) electrons. The maximum Gasteiger partial charge on any atom is 0.433 e. The van der Waals surface area contributed by atoms with Crippen LogP contribution in [0.5, 0.6) is 0 Å². The SMILES string of the molecule is C#CCCC1(CCC(=O)NCc2ccnc(C(F)(F)F)c2)N=N1. The Bertz CT molecular complexity index is 643. The number of hydrogen-bond donors (Lipinski definition) is 1. The van der Waals surface area contributed by atoms with E-state index in [9.17, 15) is 18.0 Å². The van der Waals surface area contributed by atoms with Gasteiger partial charge in [-0.25, -0.2) is 0 Å². The first-order valence-electron chi connectivity index (χ1n) is 7.01. The number of alkyl halides is 3. The summed E-state index contributed by atoms with van der Waals surface area (Å²) in [4.78, 5) is 15.0. The molecule has 122 valence electrons. The zero-order chi connectivity index (χ0) is 16.9. The van der Waals surface area contributed by atoms with Crippen LogP contribution in [-0.4, -0.2) is 16.6 Å². The van der Waals surface area contributed by atoms with E-state index in [2.05, 4.69) is 26.4 Å². The molecule has 0 saturated carbocycles. The van der Waals surface area contributed by atoms with Crippen molar-refractivity contribution in [2.24, 2.45) is 10.2 Å². The summed E-state index contributed by atoms with van der Waals surface area (Å²) in [6, 6.07) is 2.34. The highest BCUT2D eigenvalue weighted by atomic mass is 19.4. The van der Waals surface area contributed by atoms with Crippen molar-refractivity contribution in [3.8, 4) is 12.3 Å². The van der Waals surface area contributed by atoms with Crippen LogP contribution in [0.25, 0.3) is 0 Å². The van der Waals surface area contributed by atoms with Gasteiger partial charge in [-0.15, -0.1) is 12.3 Å². The van der Waals surface area contributed by atoms with Gasteiger partial charge in [0.15, 0.2) is 5.66 Å². The third kappa shape index (κ3) is 5.06. The fraction of sp³-hybridized carbons (Fsp3) is 0.467. The van der Waals surface area contributed by atoms with Crippen LogP contribution in [0.4, 0.5) is 13.2 Å². The Kier molecular flexibility index (Phi) is 4.98. The molecule has 1 N–H and O–H groups in total. The monoisotopic (exact) mass is 324 g/mol. The van der Waals surface area contributed by atoms with Crippen LogP contribution in [0, 0.1) is 12.3 Å². The van der Waals surface area contributed by atoms with Gasteiger partial charge < -0.3 is 5.32 Å². The second kappa shape index (κ2) is 6.77. The molecule has 0 fully saturated rings. The standard InChI is InChI=1S/C15H15F3N4O/c1-2-3-6-14(21-22-14)7-4-13(23)20-10-11-5-8-19-12(9-11)15(16,17)18/h1,5,8-9H,3-4,6-7,10H2,(H,20,23). The summed E-state index contributed by atoms with van der Waals surface area (Å²) in [6.45, 7) is 0.00999. The van der Waals surface area contributed by atoms with Gasteiger partial charge in [-0.2, -0.15) is 23.4 Å². The molecule has 0 aromatic carbocycles. The van der Waals surface area contributed by atoms with Crippen LogP contribution in [0.3, 0.4) is 0 Å². The van der Waals surface area contributed by atoms with Gasteiger partial charge in [0.2, 0.25) is 5.91 Å². The van der Waals surface area contributed by atoms with Crippen molar-refractivity contribution in [2.45, 2.75) is 44.1 Å². The van der Waals surface area contributed by atoms with E-state index in [0.717, 1.165) is 12.3 Å². The van der Waals surface area contributed by atoms with Crippen molar-refractivity contribution in [1.29, 1.82) is 0 Å². The van der Waals surface area contributed by atoms with Crippen LogP contribution in [-0.2, 0) is 17.5 Å². The third-order valence-corrected chi connectivity index (χ3v) is 3.41. The molecule has 1 aliphatic rings. The molecule has 8 heteroatoms. The lowest BCUT2D eigenvalue weighted by Gasteiger charge is -2.10. The lowest BCUT2D eigenvalue weighted by atomic mass is 10.0. The smallest absolute Gasteiger partial charge is 0.352 e. The van der Waals surface area contributed by atoms with Gasteiger partial charge in [0.05, 0.1) is 0 Å². The Labute approximate surface area is 131 Å². The van der Waals surface area contributed by atoms with E-state index in [4.69, 9.17) is 6.42 Å². The topological polar surface area (TPSA) is 66.7 Å². The summed E-state index contributed by atoms with van der Waals surface area (Å²) in [6.07, 6.45) is 3.52. The van der Waals surface area contributed by atoms with Crippen LogP contribution in [0.15, 0.2) is 28.6 Å². The molecule has 0 unspecified atom stereocenters. The normalized spacial score (nSPS) is 15.0. The maximum absolute atomic E-state index is 12.5. The molecule has 0 saturated heterocycles. The summed E-state index contributed by atoms with van der Waals surface area (Å²) in [5.41, 5.74) is -1.18. The molecule has 1 aromatic heterocycles. The Hall–Kier alpha value is -2.43. The van der Waals surface area contributed by atoms with Crippen LogP contribution >= 0.6 is 0 Å². The summed E-state index contributed by atoms with van der Waals surface area (Å²) in [7, 11) is 0. The molecule has 0 atom stereocenters. The summed E-state index contributed by atoms with van der Waals surface area (Å²) in [5.74, 6) is 2.23. The third-order valence-electron chi connectivity index (χ3n) is 3.41. The number of terminal acetylenes is 1. The molecule has 0 bridgehead atoms. The lowest BCUT2D eigenvalue weighted by Crippen LogP contribution is -2.25. The van der Waals surface area contributed by atoms with Crippen LogP contribution < -0.4 is 5.32 Å². The number of nitrogens with zero attached hydrogens (tertiary/aromatic N) is 3. The Morgan fingerprint density at radius 1 is 1.35 bits per heavy atom. The number of aromatic nitrogens is 1. The average molecular weight is 324 g/mol. The van der Waals surface area contributed by atoms with Gasteiger partial charge in [-0.1, -0.05) is 0 Å². The van der Waals surface area contributed by atoms with Crippen LogP contribution in [0.2, 0.25) is 0 Å². The van der Waals surface area contributed by atoms with E-state index in [1.54, 1.807) is 0 Å². The number of carbonyl (C=O) groups excluding carboxylic acids is 1. The summed E-state index contributed by atoms with van der Waals surface area (Å²) in [5, 5.41) is 10.4. The number of halogens is 3. The predicted octanol–water partition coefficient (Wildman–Crippen LogP) is 3.07. The second-order valence-electron chi connectivity index (χ2n) is 5.21. The Morgan fingerprint density at radius 2 is 2.09 bits per heavy atom. The quantitative estimate of drug-likeness (QED) is 0.783. The molecular formula is C15H15F3N4O. The van der Waals surface area contributed by atoms with Gasteiger partial charge in [-0.05, 0) is 17.7 Å². The average Bonchev–Trinajstić information content (AvgIpc) is 3.29. The first-order valence-corrected chi connectivity index (χ1v) is 7.01. The predicted molar refractivity (Wildman–Crippen MR) is 76.0 cm³/mol. The lowest BCUT2D eigenvalue weighted by molar-refractivity contribution is -0.141. The van der Waals surface area contributed by atoms with Gasteiger partial charge in [0.1, 0.15) is 5.69 Å². The molecule has 2 rings (SSSR count). The number of pyridine rings is 1. The molecule has 2 heterocycles. The van der Waals surface area contributed by atoms with E-state index in [1.807, 2.05) is 0 Å². The molecular weight excluding hydrogens is 309 g/mol. The second-order valence-corrected chi connectivity index (χ2v) is 5.21. The van der Waals surface area contributed by atoms with Crippen molar-refractivity contribution in [3.63, 3.8) is 0 Å². The minimum absolute atomic E-state index is 0.00999. The van der Waals surface area contributed by atoms with Gasteiger partial charge >= 0.3 is 6.18 Å². The van der Waals surface area contributed by atoms with Gasteiger partial charge in [-0.3, -0.25) is 9.78 Å². The fourth-order valence-electron chi connectivity index (χ4n) is 2.01. The minimum Gasteiger partial charge on any atom is -0.352 e. The van der Waals surface area contributed by atoms with Crippen molar-refractivity contribution in [1.82, 2.24) is 10.3 Å². The zero-order valence-corrected chi connectivity index (χ0v) is 12.2. The largest absolute Gasteiger partial charge is 0.433 e. The number of nitrogens with one attached hydrogen (secondary N) is 1. The summed E-state index contributed by atoms with van der Waals surface area (Å²) >= 11 is 0. The first kappa shape index (κ1) is 16.9. The maximum atomic E-state index is 12.5. The van der Waals surface area contributed by atoms with E-state index in [0.29, 0.717) is 24.8 Å². The highest BCUT2D eigenvalue weighted by Crippen LogP contribution is 2.37. The fourth-order valence-corrected chi connectivity index (χ4v) is 2.01. The Morgan fingerprint density at radius 3 is 2.70 bits per heavy atom.